The van der Waals surface area contributed by atoms with Gasteiger partial charge < -0.3 is 19.4 Å². The van der Waals surface area contributed by atoms with E-state index in [1.165, 1.54) is 21.1 Å². The number of alkyl halides is 1. The topological polar surface area (TPSA) is 72.8 Å². The summed E-state index contributed by atoms with van der Waals surface area (Å²) >= 11 is 3.64. The molecule has 0 amide bonds. The Kier molecular flexibility index (Phi) is 4.69. The Morgan fingerprint density at radius 3 is 2.40 bits per heavy atom. The number of hydrogen-bond donors (Lipinski definition) is 1. The lowest BCUT2D eigenvalue weighted by atomic mass is 9.74. The first kappa shape index (κ1) is 18.7. The molecule has 2 bridgehead atoms. The SMILES string of the molecule is COC1(OC)[C@@]2(O)C[C@H](c3ccccc3)[C@]1(Br)C(=O)[C@@H]2CCC(C)=O. The molecule has 3 rings (SSSR count). The van der Waals surface area contributed by atoms with Gasteiger partial charge in [-0.3, -0.25) is 4.79 Å². The highest BCUT2D eigenvalue weighted by Crippen LogP contribution is 2.69. The number of fused-ring (bicyclic) bond motifs is 2. The molecule has 2 saturated carbocycles. The minimum Gasteiger partial charge on any atom is -0.383 e. The van der Waals surface area contributed by atoms with Crippen LogP contribution in [0.5, 0.6) is 0 Å². The molecule has 2 aliphatic rings. The summed E-state index contributed by atoms with van der Waals surface area (Å²) in [7, 11) is 2.89. The number of methoxy groups -OCH3 is 2. The molecule has 1 N–H and O–H groups in total. The van der Waals surface area contributed by atoms with Crippen molar-refractivity contribution in [1.29, 1.82) is 0 Å². The van der Waals surface area contributed by atoms with Crippen molar-refractivity contribution >= 4 is 27.5 Å². The molecule has 2 fully saturated rings. The Morgan fingerprint density at radius 2 is 1.88 bits per heavy atom. The van der Waals surface area contributed by atoms with Gasteiger partial charge in [0.15, 0.2) is 5.78 Å². The summed E-state index contributed by atoms with van der Waals surface area (Å²) in [6, 6.07) is 9.59. The van der Waals surface area contributed by atoms with Crippen LogP contribution in [0.2, 0.25) is 0 Å². The largest absolute Gasteiger partial charge is 0.383 e. The first-order valence-electron chi connectivity index (χ1n) is 8.38. The number of benzene rings is 1. The summed E-state index contributed by atoms with van der Waals surface area (Å²) in [4.78, 5) is 24.8. The second kappa shape index (κ2) is 6.27. The van der Waals surface area contributed by atoms with E-state index >= 15 is 0 Å². The summed E-state index contributed by atoms with van der Waals surface area (Å²) in [6.45, 7) is 1.48. The monoisotopic (exact) mass is 410 g/mol. The van der Waals surface area contributed by atoms with E-state index in [0.29, 0.717) is 6.42 Å². The van der Waals surface area contributed by atoms with E-state index in [1.807, 2.05) is 30.3 Å². The summed E-state index contributed by atoms with van der Waals surface area (Å²) in [5.74, 6) is -2.68. The van der Waals surface area contributed by atoms with E-state index in [0.717, 1.165) is 5.56 Å². The number of ketones is 2. The van der Waals surface area contributed by atoms with Crippen LogP contribution in [0.1, 0.15) is 37.7 Å². The van der Waals surface area contributed by atoms with Gasteiger partial charge in [0.05, 0.1) is 5.92 Å². The molecule has 5 nitrogen and oxygen atoms in total. The maximum absolute atomic E-state index is 13.3. The van der Waals surface area contributed by atoms with Gasteiger partial charge >= 0.3 is 0 Å². The summed E-state index contributed by atoms with van der Waals surface area (Å²) in [6.07, 6.45) is 0.841. The zero-order valence-corrected chi connectivity index (χ0v) is 16.2. The smallest absolute Gasteiger partial charge is 0.221 e. The standard InChI is InChI=1S/C19H23BrO5/c1-12(21)9-10-14-16(22)18(20)15(13-7-5-4-6-8-13)11-17(14,23)19(18,24-2)25-3/h4-8,14-15,23H,9-11H2,1-3H3/t14-,15+,17+,18-/m0/s1. The Morgan fingerprint density at radius 1 is 1.28 bits per heavy atom. The second-order valence-corrected chi connectivity index (χ2v) is 8.24. The van der Waals surface area contributed by atoms with Crippen molar-refractivity contribution in [1.82, 2.24) is 0 Å². The van der Waals surface area contributed by atoms with Crippen molar-refractivity contribution in [3.63, 3.8) is 0 Å². The van der Waals surface area contributed by atoms with Gasteiger partial charge in [-0.1, -0.05) is 46.3 Å². The number of Topliss-reactive ketones (excluding diaryl/α,β-unsaturated/α-hetero) is 2. The van der Waals surface area contributed by atoms with Gasteiger partial charge in [0.1, 0.15) is 15.7 Å². The molecule has 1 aromatic rings. The van der Waals surface area contributed by atoms with Crippen molar-refractivity contribution < 1.29 is 24.2 Å². The molecule has 2 aliphatic carbocycles. The molecule has 4 atom stereocenters. The molecule has 0 heterocycles. The molecule has 0 aromatic heterocycles. The van der Waals surface area contributed by atoms with E-state index in [1.54, 1.807) is 0 Å². The average Bonchev–Trinajstić information content (AvgIpc) is 2.88. The normalized spacial score (nSPS) is 36.0. The number of rotatable bonds is 6. The first-order valence-corrected chi connectivity index (χ1v) is 9.18. The molecule has 136 valence electrons. The molecular formula is C19H23BrO5. The third kappa shape index (κ3) is 2.24. The van der Waals surface area contributed by atoms with Crippen LogP contribution in [-0.2, 0) is 19.1 Å². The minimum atomic E-state index is -1.51. The number of carbonyl (C=O) groups excluding carboxylic acids is 2. The highest BCUT2D eigenvalue weighted by molar-refractivity contribution is 9.10. The number of hydrogen-bond acceptors (Lipinski definition) is 5. The van der Waals surface area contributed by atoms with Gasteiger partial charge in [-0.25, -0.2) is 0 Å². The molecule has 0 spiro atoms. The molecule has 0 radical (unpaired) electrons. The quantitative estimate of drug-likeness (QED) is 0.576. The molecular weight excluding hydrogens is 388 g/mol. The number of aliphatic hydroxyl groups is 1. The fourth-order valence-electron chi connectivity index (χ4n) is 4.79. The third-order valence-corrected chi connectivity index (χ3v) is 7.32. The lowest BCUT2D eigenvalue weighted by Gasteiger charge is -2.40. The molecule has 1 aromatic carbocycles. The van der Waals surface area contributed by atoms with Crippen molar-refractivity contribution in [2.24, 2.45) is 5.92 Å². The maximum atomic E-state index is 13.3. The fraction of sp³-hybridized carbons (Fsp3) is 0.579. The van der Waals surface area contributed by atoms with E-state index in [-0.39, 0.29) is 30.3 Å². The van der Waals surface area contributed by atoms with Crippen molar-refractivity contribution in [2.45, 2.75) is 47.8 Å². The lowest BCUT2D eigenvalue weighted by Crippen LogP contribution is -2.58. The van der Waals surface area contributed by atoms with Crippen LogP contribution in [0.4, 0.5) is 0 Å². The van der Waals surface area contributed by atoms with Crippen molar-refractivity contribution in [3.05, 3.63) is 35.9 Å². The van der Waals surface area contributed by atoms with Gasteiger partial charge in [0, 0.05) is 26.6 Å². The lowest BCUT2D eigenvalue weighted by molar-refractivity contribution is -0.286. The summed E-state index contributed by atoms with van der Waals surface area (Å²) in [5.41, 5.74) is -0.570. The minimum absolute atomic E-state index is 0.0113. The van der Waals surface area contributed by atoms with Crippen LogP contribution < -0.4 is 0 Å². The molecule has 0 saturated heterocycles. The number of carbonyl (C=O) groups is 2. The van der Waals surface area contributed by atoms with Crippen LogP contribution in [0, 0.1) is 5.92 Å². The van der Waals surface area contributed by atoms with Crippen LogP contribution >= 0.6 is 15.9 Å². The van der Waals surface area contributed by atoms with Crippen LogP contribution in [-0.4, -0.2) is 46.6 Å². The maximum Gasteiger partial charge on any atom is 0.221 e. The van der Waals surface area contributed by atoms with Crippen LogP contribution in [0.15, 0.2) is 30.3 Å². The number of ether oxygens (including phenoxy) is 2. The Bertz CT molecular complexity index is 686. The zero-order valence-electron chi connectivity index (χ0n) is 14.6. The highest BCUT2D eigenvalue weighted by atomic mass is 79.9. The highest BCUT2D eigenvalue weighted by Gasteiger charge is 2.84. The summed E-state index contributed by atoms with van der Waals surface area (Å²) < 4.78 is 10.1. The Labute approximate surface area is 155 Å². The molecule has 0 unspecified atom stereocenters. The molecule has 6 heteroatoms. The predicted octanol–water partition coefficient (Wildman–Crippen LogP) is 2.60. The predicted molar refractivity (Wildman–Crippen MR) is 95.6 cm³/mol. The van der Waals surface area contributed by atoms with E-state index in [4.69, 9.17) is 9.47 Å². The van der Waals surface area contributed by atoms with E-state index < -0.39 is 21.6 Å². The first-order chi connectivity index (χ1) is 11.8. The van der Waals surface area contributed by atoms with Gasteiger partial charge in [0.2, 0.25) is 5.79 Å². The fourth-order valence-corrected chi connectivity index (χ4v) is 6.16. The van der Waals surface area contributed by atoms with Crippen molar-refractivity contribution in [2.75, 3.05) is 14.2 Å². The third-order valence-electron chi connectivity index (χ3n) is 5.86. The average molecular weight is 411 g/mol. The zero-order chi connectivity index (χ0) is 18.5. The van der Waals surface area contributed by atoms with Gasteiger partial charge in [-0.05, 0) is 25.3 Å². The van der Waals surface area contributed by atoms with Crippen LogP contribution in [0.3, 0.4) is 0 Å². The Balaban J connectivity index is 2.11. The van der Waals surface area contributed by atoms with Crippen molar-refractivity contribution in [3.8, 4) is 0 Å². The molecule has 25 heavy (non-hydrogen) atoms. The van der Waals surface area contributed by atoms with Gasteiger partial charge in [0.25, 0.3) is 0 Å². The van der Waals surface area contributed by atoms with E-state index in [9.17, 15) is 14.7 Å². The van der Waals surface area contributed by atoms with E-state index in [2.05, 4.69) is 15.9 Å². The van der Waals surface area contributed by atoms with Gasteiger partial charge in [-0.2, -0.15) is 0 Å². The molecule has 0 aliphatic heterocycles. The Hall–Kier alpha value is -1.08. The summed E-state index contributed by atoms with van der Waals surface area (Å²) in [5, 5.41) is 11.6. The number of halogens is 1. The second-order valence-electron chi connectivity index (χ2n) is 6.99. The van der Waals surface area contributed by atoms with Gasteiger partial charge in [-0.15, -0.1) is 0 Å². The van der Waals surface area contributed by atoms with Crippen LogP contribution in [0.25, 0.3) is 0 Å².